The van der Waals surface area contributed by atoms with Crippen molar-refractivity contribution in [2.24, 2.45) is 0 Å². The van der Waals surface area contributed by atoms with E-state index >= 15 is 0 Å². The standard InChI is InChI=1S/C15H18N2O3S2/c1-19-7-3-6-16-15(21)17-11-4-5-12-10(8-11)9-13(22-12)14(18)20-2/h4-5,8-9H,3,6-7H2,1-2H3,(H2,16,17,21). The summed E-state index contributed by atoms with van der Waals surface area (Å²) in [6.07, 6.45) is 0.893. The molecule has 1 aromatic carbocycles. The Kier molecular flexibility index (Phi) is 6.11. The molecule has 0 aliphatic carbocycles. The molecule has 0 aliphatic heterocycles. The number of rotatable bonds is 6. The van der Waals surface area contributed by atoms with Crippen LogP contribution < -0.4 is 10.6 Å². The van der Waals surface area contributed by atoms with Crippen LogP contribution in [0.3, 0.4) is 0 Å². The molecule has 0 radical (unpaired) electrons. The van der Waals surface area contributed by atoms with Crippen LogP contribution in [0.1, 0.15) is 16.1 Å². The van der Waals surface area contributed by atoms with E-state index in [4.69, 9.17) is 21.7 Å². The van der Waals surface area contributed by atoms with Gasteiger partial charge < -0.3 is 20.1 Å². The number of nitrogens with one attached hydrogen (secondary N) is 2. The van der Waals surface area contributed by atoms with Crippen LogP contribution in [0.2, 0.25) is 0 Å². The van der Waals surface area contributed by atoms with Gasteiger partial charge in [0.1, 0.15) is 4.88 Å². The monoisotopic (exact) mass is 338 g/mol. The zero-order chi connectivity index (χ0) is 15.9. The summed E-state index contributed by atoms with van der Waals surface area (Å²) in [4.78, 5) is 12.1. The van der Waals surface area contributed by atoms with Crippen LogP contribution in [-0.4, -0.2) is 38.5 Å². The Hall–Kier alpha value is -1.70. The molecular weight excluding hydrogens is 320 g/mol. The lowest BCUT2D eigenvalue weighted by Crippen LogP contribution is -2.29. The molecule has 1 heterocycles. The second kappa shape index (κ2) is 8.07. The van der Waals surface area contributed by atoms with E-state index in [0.717, 1.165) is 28.7 Å². The SMILES string of the molecule is COCCCNC(=S)Nc1ccc2sc(C(=O)OC)cc2c1. The molecule has 2 aromatic rings. The first-order chi connectivity index (χ1) is 10.6. The minimum atomic E-state index is -0.314. The average molecular weight is 338 g/mol. The minimum Gasteiger partial charge on any atom is -0.465 e. The van der Waals surface area contributed by atoms with Crippen LogP contribution in [0.5, 0.6) is 0 Å². The number of carbonyl (C=O) groups excluding carboxylic acids is 1. The Bertz CT molecular complexity index is 670. The first kappa shape index (κ1) is 16.7. The van der Waals surface area contributed by atoms with Gasteiger partial charge in [-0.1, -0.05) is 0 Å². The van der Waals surface area contributed by atoms with Crippen LogP contribution >= 0.6 is 23.6 Å². The third-order valence-electron chi connectivity index (χ3n) is 2.97. The summed E-state index contributed by atoms with van der Waals surface area (Å²) in [6, 6.07) is 7.68. The van der Waals surface area contributed by atoms with Crippen molar-refractivity contribution in [1.29, 1.82) is 0 Å². The molecule has 0 saturated carbocycles. The number of hydrogen-bond donors (Lipinski definition) is 2. The van der Waals surface area contributed by atoms with E-state index in [1.165, 1.54) is 18.4 Å². The fraction of sp³-hybridized carbons (Fsp3) is 0.333. The second-order valence-electron chi connectivity index (χ2n) is 4.58. The fourth-order valence-electron chi connectivity index (χ4n) is 1.92. The topological polar surface area (TPSA) is 59.6 Å². The average Bonchev–Trinajstić information content (AvgIpc) is 2.94. The number of ether oxygens (including phenoxy) is 2. The molecule has 0 unspecified atom stereocenters. The van der Waals surface area contributed by atoms with E-state index in [2.05, 4.69) is 10.6 Å². The van der Waals surface area contributed by atoms with Gasteiger partial charge in [-0.15, -0.1) is 11.3 Å². The normalized spacial score (nSPS) is 10.5. The van der Waals surface area contributed by atoms with E-state index in [1.807, 2.05) is 24.3 Å². The van der Waals surface area contributed by atoms with Crippen LogP contribution in [0.4, 0.5) is 5.69 Å². The van der Waals surface area contributed by atoms with Gasteiger partial charge >= 0.3 is 5.97 Å². The number of thiocarbonyl (C=S) groups is 1. The summed E-state index contributed by atoms with van der Waals surface area (Å²) in [6.45, 7) is 1.46. The first-order valence-corrected chi connectivity index (χ1v) is 8.02. The molecule has 2 N–H and O–H groups in total. The lowest BCUT2D eigenvalue weighted by atomic mass is 10.2. The molecule has 2 rings (SSSR count). The van der Waals surface area contributed by atoms with Gasteiger partial charge in [0.25, 0.3) is 0 Å². The van der Waals surface area contributed by atoms with E-state index in [-0.39, 0.29) is 5.97 Å². The predicted octanol–water partition coefficient (Wildman–Crippen LogP) is 3.01. The number of esters is 1. The maximum atomic E-state index is 11.5. The molecule has 22 heavy (non-hydrogen) atoms. The van der Waals surface area contributed by atoms with Crippen LogP contribution in [0.15, 0.2) is 24.3 Å². The molecule has 118 valence electrons. The maximum Gasteiger partial charge on any atom is 0.348 e. The van der Waals surface area contributed by atoms with Crippen molar-refractivity contribution in [3.05, 3.63) is 29.1 Å². The van der Waals surface area contributed by atoms with Gasteiger partial charge in [0.05, 0.1) is 7.11 Å². The van der Waals surface area contributed by atoms with Crippen molar-refractivity contribution in [3.8, 4) is 0 Å². The van der Waals surface area contributed by atoms with Crippen LogP contribution in [0.25, 0.3) is 10.1 Å². The molecule has 7 heteroatoms. The molecule has 0 bridgehead atoms. The highest BCUT2D eigenvalue weighted by Gasteiger charge is 2.10. The Labute approximate surface area is 138 Å². The molecule has 0 spiro atoms. The molecule has 0 aliphatic rings. The smallest absolute Gasteiger partial charge is 0.348 e. The molecule has 0 fully saturated rings. The zero-order valence-electron chi connectivity index (χ0n) is 12.5. The number of benzene rings is 1. The number of anilines is 1. The van der Waals surface area contributed by atoms with Gasteiger partial charge in [-0.25, -0.2) is 4.79 Å². The highest BCUT2D eigenvalue weighted by molar-refractivity contribution is 7.80. The summed E-state index contributed by atoms with van der Waals surface area (Å²) < 4.78 is 10.8. The van der Waals surface area contributed by atoms with E-state index < -0.39 is 0 Å². The minimum absolute atomic E-state index is 0.314. The van der Waals surface area contributed by atoms with Gasteiger partial charge in [-0.2, -0.15) is 0 Å². The van der Waals surface area contributed by atoms with Crippen molar-refractivity contribution in [2.45, 2.75) is 6.42 Å². The van der Waals surface area contributed by atoms with Gasteiger partial charge in [0.15, 0.2) is 5.11 Å². The largest absolute Gasteiger partial charge is 0.465 e. The summed E-state index contributed by atoms with van der Waals surface area (Å²) >= 11 is 6.65. The van der Waals surface area contributed by atoms with E-state index in [1.54, 1.807) is 7.11 Å². The number of carbonyl (C=O) groups is 1. The third-order valence-corrected chi connectivity index (χ3v) is 4.31. The lowest BCUT2D eigenvalue weighted by Gasteiger charge is -2.10. The quantitative estimate of drug-likeness (QED) is 0.480. The zero-order valence-corrected chi connectivity index (χ0v) is 14.1. The Balaban J connectivity index is 2.00. The van der Waals surface area contributed by atoms with Crippen LogP contribution in [0, 0.1) is 0 Å². The van der Waals surface area contributed by atoms with E-state index in [0.29, 0.717) is 16.6 Å². The Morgan fingerprint density at radius 3 is 2.86 bits per heavy atom. The van der Waals surface area contributed by atoms with Crippen molar-refractivity contribution < 1.29 is 14.3 Å². The molecular formula is C15H18N2O3S2. The van der Waals surface area contributed by atoms with E-state index in [9.17, 15) is 4.79 Å². The predicted molar refractivity (Wildman–Crippen MR) is 93.9 cm³/mol. The fourth-order valence-corrected chi connectivity index (χ4v) is 3.10. The third kappa shape index (κ3) is 4.40. The molecule has 1 aromatic heterocycles. The molecule has 0 atom stereocenters. The van der Waals surface area contributed by atoms with Gasteiger partial charge in [-0.05, 0) is 48.3 Å². The van der Waals surface area contributed by atoms with Gasteiger partial charge in [0.2, 0.25) is 0 Å². The first-order valence-electron chi connectivity index (χ1n) is 6.79. The van der Waals surface area contributed by atoms with Gasteiger partial charge in [-0.3, -0.25) is 0 Å². The number of fused-ring (bicyclic) bond motifs is 1. The highest BCUT2D eigenvalue weighted by atomic mass is 32.1. The summed E-state index contributed by atoms with van der Waals surface area (Å²) in [5.74, 6) is -0.314. The van der Waals surface area contributed by atoms with Crippen LogP contribution in [-0.2, 0) is 9.47 Å². The van der Waals surface area contributed by atoms with Crippen molar-refractivity contribution in [1.82, 2.24) is 5.32 Å². The number of hydrogen-bond acceptors (Lipinski definition) is 5. The Morgan fingerprint density at radius 1 is 1.32 bits per heavy atom. The van der Waals surface area contributed by atoms with Crippen molar-refractivity contribution in [3.63, 3.8) is 0 Å². The van der Waals surface area contributed by atoms with Gasteiger partial charge in [0, 0.05) is 30.6 Å². The molecule has 0 saturated heterocycles. The highest BCUT2D eigenvalue weighted by Crippen LogP contribution is 2.28. The Morgan fingerprint density at radius 2 is 2.14 bits per heavy atom. The summed E-state index contributed by atoms with van der Waals surface area (Å²) in [5.41, 5.74) is 0.881. The van der Waals surface area contributed by atoms with Crippen molar-refractivity contribution in [2.75, 3.05) is 32.7 Å². The summed E-state index contributed by atoms with van der Waals surface area (Å²) in [5, 5.41) is 7.80. The van der Waals surface area contributed by atoms with Crippen molar-refractivity contribution >= 4 is 50.4 Å². The molecule has 5 nitrogen and oxygen atoms in total. The number of methoxy groups -OCH3 is 2. The summed E-state index contributed by atoms with van der Waals surface area (Å²) in [7, 11) is 3.06. The second-order valence-corrected chi connectivity index (χ2v) is 6.07. The number of thiophene rings is 1. The lowest BCUT2D eigenvalue weighted by molar-refractivity contribution is 0.0606. The molecule has 0 amide bonds. The maximum absolute atomic E-state index is 11.5.